The molecule has 0 bridgehead atoms. The molecule has 3 aromatic heterocycles. The van der Waals surface area contributed by atoms with Gasteiger partial charge in [0.15, 0.2) is 11.5 Å². The lowest BCUT2D eigenvalue weighted by Gasteiger charge is -2.06. The maximum atomic E-state index is 12.6. The van der Waals surface area contributed by atoms with Crippen LogP contribution in [0.4, 0.5) is 14.5 Å². The van der Waals surface area contributed by atoms with Crippen molar-refractivity contribution >= 4 is 17.2 Å². The molecule has 118 valence electrons. The van der Waals surface area contributed by atoms with Crippen LogP contribution < -0.4 is 5.32 Å². The number of alkyl halides is 2. The van der Waals surface area contributed by atoms with Crippen LogP contribution >= 0.6 is 0 Å². The predicted octanol–water partition coefficient (Wildman–Crippen LogP) is 2.88. The Bertz CT molecular complexity index is 862. The second kappa shape index (κ2) is 6.07. The lowest BCUT2D eigenvalue weighted by Crippen LogP contribution is -2.14. The van der Waals surface area contributed by atoms with Crippen molar-refractivity contribution in [2.45, 2.75) is 19.8 Å². The van der Waals surface area contributed by atoms with Gasteiger partial charge in [-0.3, -0.25) is 4.79 Å². The summed E-state index contributed by atoms with van der Waals surface area (Å²) in [6, 6.07) is 7.31. The first kappa shape index (κ1) is 15.0. The molecule has 0 aromatic carbocycles. The Labute approximate surface area is 130 Å². The van der Waals surface area contributed by atoms with Gasteiger partial charge < -0.3 is 5.32 Å². The average molecular weight is 317 g/mol. The van der Waals surface area contributed by atoms with Gasteiger partial charge in [0, 0.05) is 6.42 Å². The fourth-order valence-electron chi connectivity index (χ4n) is 2.05. The zero-order chi connectivity index (χ0) is 16.4. The van der Waals surface area contributed by atoms with E-state index in [0.717, 1.165) is 0 Å². The van der Waals surface area contributed by atoms with Gasteiger partial charge in [0.2, 0.25) is 0 Å². The minimum atomic E-state index is -2.72. The number of nitrogens with one attached hydrogen (secondary N) is 1. The van der Waals surface area contributed by atoms with Crippen LogP contribution in [-0.2, 0) is 6.42 Å². The normalized spacial score (nSPS) is 11.1. The highest BCUT2D eigenvalue weighted by atomic mass is 19.3. The number of carbonyl (C=O) groups excluding carboxylic acids is 1. The first-order valence-corrected chi connectivity index (χ1v) is 6.98. The van der Waals surface area contributed by atoms with Crippen LogP contribution in [0.3, 0.4) is 0 Å². The third-order valence-corrected chi connectivity index (χ3v) is 3.18. The van der Waals surface area contributed by atoms with Gasteiger partial charge in [-0.05, 0) is 24.3 Å². The van der Waals surface area contributed by atoms with Crippen LogP contribution in [0.5, 0.6) is 0 Å². The minimum Gasteiger partial charge on any atom is -0.319 e. The van der Waals surface area contributed by atoms with Gasteiger partial charge in [-0.25, -0.2) is 23.3 Å². The molecule has 8 heteroatoms. The molecule has 23 heavy (non-hydrogen) atoms. The molecule has 0 saturated carbocycles. The van der Waals surface area contributed by atoms with Crippen LogP contribution in [0.1, 0.15) is 35.4 Å². The second-order valence-electron chi connectivity index (χ2n) is 4.80. The van der Waals surface area contributed by atoms with Crippen LogP contribution in [-0.4, -0.2) is 25.5 Å². The Morgan fingerprint density at radius 3 is 2.83 bits per heavy atom. The van der Waals surface area contributed by atoms with E-state index in [-0.39, 0.29) is 5.69 Å². The molecule has 0 spiro atoms. The maximum absolute atomic E-state index is 12.6. The van der Waals surface area contributed by atoms with Gasteiger partial charge >= 0.3 is 0 Å². The summed E-state index contributed by atoms with van der Waals surface area (Å²) < 4.78 is 26.8. The monoisotopic (exact) mass is 317 g/mol. The molecule has 0 unspecified atom stereocenters. The van der Waals surface area contributed by atoms with Gasteiger partial charge in [-0.15, -0.1) is 0 Å². The molecule has 1 amide bonds. The molecule has 0 aliphatic carbocycles. The average Bonchev–Trinajstić information content (AvgIpc) is 2.97. The van der Waals surface area contributed by atoms with Gasteiger partial charge in [-0.1, -0.05) is 13.0 Å². The number of rotatable bonds is 4. The minimum absolute atomic E-state index is 0.0734. The highest BCUT2D eigenvalue weighted by molar-refractivity contribution is 6.02. The fourth-order valence-corrected chi connectivity index (χ4v) is 2.05. The summed E-state index contributed by atoms with van der Waals surface area (Å²) in [4.78, 5) is 20.1. The van der Waals surface area contributed by atoms with E-state index in [1.165, 1.54) is 18.2 Å². The summed E-state index contributed by atoms with van der Waals surface area (Å²) in [6.45, 7) is 1.94. The van der Waals surface area contributed by atoms with Gasteiger partial charge in [0.05, 0.1) is 11.9 Å². The number of amides is 1. The molecule has 3 aromatic rings. The molecule has 1 N–H and O–H groups in total. The molecule has 0 fully saturated rings. The number of pyridine rings is 2. The lowest BCUT2D eigenvalue weighted by atomic mass is 10.3. The molecule has 3 heterocycles. The lowest BCUT2D eigenvalue weighted by molar-refractivity contribution is 0.102. The Morgan fingerprint density at radius 1 is 1.26 bits per heavy atom. The molecule has 3 rings (SSSR count). The SMILES string of the molecule is CCc1nc2ccc(NC(=O)c3cccc(C(F)F)n3)cn2n1. The molecular weight excluding hydrogens is 304 g/mol. The van der Waals surface area contributed by atoms with E-state index < -0.39 is 18.0 Å². The van der Waals surface area contributed by atoms with Crippen molar-refractivity contribution in [3.8, 4) is 0 Å². The van der Waals surface area contributed by atoms with Crippen molar-refractivity contribution in [2.24, 2.45) is 0 Å². The molecular formula is C15H13F2N5O. The molecule has 0 radical (unpaired) electrons. The van der Waals surface area contributed by atoms with Crippen LogP contribution in [0.2, 0.25) is 0 Å². The number of anilines is 1. The fraction of sp³-hybridized carbons (Fsp3) is 0.200. The van der Waals surface area contributed by atoms with Crippen molar-refractivity contribution in [2.75, 3.05) is 5.32 Å². The van der Waals surface area contributed by atoms with E-state index in [4.69, 9.17) is 0 Å². The van der Waals surface area contributed by atoms with Crippen LogP contribution in [0.25, 0.3) is 5.65 Å². The highest BCUT2D eigenvalue weighted by Crippen LogP contribution is 2.17. The third kappa shape index (κ3) is 3.15. The second-order valence-corrected chi connectivity index (χ2v) is 4.80. The summed E-state index contributed by atoms with van der Waals surface area (Å²) >= 11 is 0. The van der Waals surface area contributed by atoms with Crippen molar-refractivity contribution < 1.29 is 13.6 Å². The number of fused-ring (bicyclic) bond motifs is 1. The van der Waals surface area contributed by atoms with Crippen molar-refractivity contribution in [1.29, 1.82) is 0 Å². The first-order valence-electron chi connectivity index (χ1n) is 6.98. The number of hydrogen-bond acceptors (Lipinski definition) is 4. The number of aromatic nitrogens is 4. The van der Waals surface area contributed by atoms with E-state index in [0.29, 0.717) is 23.6 Å². The van der Waals surface area contributed by atoms with Gasteiger partial charge in [0.1, 0.15) is 11.4 Å². The Hall–Kier alpha value is -2.90. The van der Waals surface area contributed by atoms with Crippen LogP contribution in [0, 0.1) is 0 Å². The summed E-state index contributed by atoms with van der Waals surface area (Å²) in [5, 5.41) is 6.86. The quantitative estimate of drug-likeness (QED) is 0.803. The summed E-state index contributed by atoms with van der Waals surface area (Å²) in [5.74, 6) is 0.127. The van der Waals surface area contributed by atoms with Crippen molar-refractivity contribution in [3.05, 3.63) is 53.7 Å². The highest BCUT2D eigenvalue weighted by Gasteiger charge is 2.13. The number of nitrogens with zero attached hydrogens (tertiary/aromatic N) is 4. The summed E-state index contributed by atoms with van der Waals surface area (Å²) in [6.07, 6.45) is -0.411. The zero-order valence-electron chi connectivity index (χ0n) is 12.2. The number of halogens is 2. The molecule has 6 nitrogen and oxygen atoms in total. The van der Waals surface area contributed by atoms with Gasteiger partial charge in [-0.2, -0.15) is 5.10 Å². The van der Waals surface area contributed by atoms with E-state index in [9.17, 15) is 13.6 Å². The Kier molecular flexibility index (Phi) is 3.96. The van der Waals surface area contributed by atoms with E-state index in [2.05, 4.69) is 20.4 Å². The molecule has 0 aliphatic heterocycles. The number of carbonyl (C=O) groups is 1. The smallest absolute Gasteiger partial charge is 0.280 e. The number of hydrogen-bond donors (Lipinski definition) is 1. The Morgan fingerprint density at radius 2 is 2.09 bits per heavy atom. The molecule has 0 aliphatic rings. The first-order chi connectivity index (χ1) is 11.1. The Balaban J connectivity index is 1.83. The molecule has 0 saturated heterocycles. The van der Waals surface area contributed by atoms with E-state index >= 15 is 0 Å². The maximum Gasteiger partial charge on any atom is 0.280 e. The zero-order valence-corrected chi connectivity index (χ0v) is 12.2. The predicted molar refractivity (Wildman–Crippen MR) is 79.5 cm³/mol. The summed E-state index contributed by atoms with van der Waals surface area (Å²) in [7, 11) is 0. The van der Waals surface area contributed by atoms with E-state index in [1.807, 2.05) is 6.92 Å². The number of aryl methyl sites for hydroxylation is 1. The topological polar surface area (TPSA) is 72.2 Å². The third-order valence-electron chi connectivity index (χ3n) is 3.18. The summed E-state index contributed by atoms with van der Waals surface area (Å²) in [5.41, 5.74) is 0.629. The van der Waals surface area contributed by atoms with Gasteiger partial charge in [0.25, 0.3) is 12.3 Å². The largest absolute Gasteiger partial charge is 0.319 e. The standard InChI is InChI=1S/C15H13F2N5O/c1-2-12-20-13-7-6-9(8-22(13)21-12)18-15(23)11-5-3-4-10(19-11)14(16)17/h3-8,14H,2H2,1H3,(H,18,23). The van der Waals surface area contributed by atoms with Crippen molar-refractivity contribution in [1.82, 2.24) is 19.6 Å². The van der Waals surface area contributed by atoms with E-state index in [1.54, 1.807) is 22.8 Å². The molecule has 0 atom stereocenters. The van der Waals surface area contributed by atoms with Crippen molar-refractivity contribution in [3.63, 3.8) is 0 Å². The van der Waals surface area contributed by atoms with Crippen LogP contribution in [0.15, 0.2) is 36.5 Å².